The van der Waals surface area contributed by atoms with Crippen LogP contribution in [-0.4, -0.2) is 22.0 Å². The van der Waals surface area contributed by atoms with Crippen LogP contribution in [-0.2, 0) is 4.74 Å². The summed E-state index contributed by atoms with van der Waals surface area (Å²) in [5.41, 5.74) is 0.210. The topological polar surface area (TPSA) is 27.1 Å². The molecular formula is C11H15BrN2O. The standard InChI is InChI=1S/C11H15BrN2O/c12-10-2-6-14(13-10)9-3-7-15-11(8-9)4-1-5-11/h2,6,9H,1,3-5,7-8H2. The van der Waals surface area contributed by atoms with Crippen LogP contribution in [0.4, 0.5) is 0 Å². The molecule has 0 amide bonds. The lowest BCUT2D eigenvalue weighted by Gasteiger charge is -2.47. The van der Waals surface area contributed by atoms with E-state index in [1.165, 1.54) is 19.3 Å². The van der Waals surface area contributed by atoms with Gasteiger partial charge in [0, 0.05) is 12.8 Å². The Labute approximate surface area is 97.9 Å². The molecule has 0 bridgehead atoms. The second-order valence-electron chi connectivity index (χ2n) is 4.65. The molecule has 0 N–H and O–H groups in total. The van der Waals surface area contributed by atoms with Crippen LogP contribution in [0.1, 0.15) is 38.1 Å². The lowest BCUT2D eigenvalue weighted by atomic mass is 9.74. The number of aromatic nitrogens is 2. The van der Waals surface area contributed by atoms with Crippen molar-refractivity contribution >= 4 is 15.9 Å². The number of hydrogen-bond acceptors (Lipinski definition) is 2. The van der Waals surface area contributed by atoms with Gasteiger partial charge in [0.05, 0.1) is 11.6 Å². The molecule has 1 atom stereocenters. The highest BCUT2D eigenvalue weighted by Gasteiger charge is 2.43. The van der Waals surface area contributed by atoms with Gasteiger partial charge in [-0.15, -0.1) is 0 Å². The Bertz CT molecular complexity index is 359. The quantitative estimate of drug-likeness (QED) is 0.785. The van der Waals surface area contributed by atoms with E-state index in [-0.39, 0.29) is 5.60 Å². The summed E-state index contributed by atoms with van der Waals surface area (Å²) in [6, 6.07) is 2.54. The van der Waals surface area contributed by atoms with Crippen molar-refractivity contribution in [2.75, 3.05) is 6.61 Å². The molecule has 1 aliphatic carbocycles. The van der Waals surface area contributed by atoms with E-state index in [0.29, 0.717) is 6.04 Å². The molecule has 3 rings (SSSR count). The van der Waals surface area contributed by atoms with E-state index in [1.807, 2.05) is 6.07 Å². The number of nitrogens with zero attached hydrogens (tertiary/aromatic N) is 2. The fourth-order valence-electron chi connectivity index (χ4n) is 2.67. The van der Waals surface area contributed by atoms with Crippen molar-refractivity contribution in [3.8, 4) is 0 Å². The van der Waals surface area contributed by atoms with Crippen molar-refractivity contribution in [2.24, 2.45) is 0 Å². The summed E-state index contributed by atoms with van der Waals surface area (Å²) in [5.74, 6) is 0. The molecule has 0 aromatic carbocycles. The van der Waals surface area contributed by atoms with Gasteiger partial charge in [0.2, 0.25) is 0 Å². The van der Waals surface area contributed by atoms with Crippen LogP contribution in [0.2, 0.25) is 0 Å². The van der Waals surface area contributed by atoms with Crippen LogP contribution in [0.3, 0.4) is 0 Å². The zero-order valence-electron chi connectivity index (χ0n) is 8.66. The van der Waals surface area contributed by atoms with Gasteiger partial charge in [0.15, 0.2) is 0 Å². The summed E-state index contributed by atoms with van der Waals surface area (Å²) in [6.07, 6.45) is 8.11. The minimum absolute atomic E-state index is 0.210. The van der Waals surface area contributed by atoms with Crippen LogP contribution < -0.4 is 0 Å². The van der Waals surface area contributed by atoms with Crippen molar-refractivity contribution in [3.63, 3.8) is 0 Å². The Balaban J connectivity index is 1.76. The monoisotopic (exact) mass is 270 g/mol. The third-order valence-electron chi connectivity index (χ3n) is 3.68. The Hall–Kier alpha value is -0.350. The highest BCUT2D eigenvalue weighted by molar-refractivity contribution is 9.10. The number of rotatable bonds is 1. The fourth-order valence-corrected chi connectivity index (χ4v) is 2.97. The van der Waals surface area contributed by atoms with Crippen LogP contribution in [0.15, 0.2) is 16.9 Å². The first kappa shape index (κ1) is 9.85. The molecule has 1 saturated heterocycles. The summed E-state index contributed by atoms with van der Waals surface area (Å²) in [4.78, 5) is 0. The first-order valence-electron chi connectivity index (χ1n) is 5.62. The molecule has 2 fully saturated rings. The summed E-state index contributed by atoms with van der Waals surface area (Å²) < 4.78 is 8.92. The Kier molecular flexibility index (Phi) is 2.36. The molecule has 2 aliphatic rings. The highest BCUT2D eigenvalue weighted by atomic mass is 79.9. The largest absolute Gasteiger partial charge is 0.375 e. The maximum absolute atomic E-state index is 5.91. The first-order chi connectivity index (χ1) is 7.27. The van der Waals surface area contributed by atoms with Crippen LogP contribution in [0.25, 0.3) is 0 Å². The molecule has 1 aromatic heterocycles. The maximum atomic E-state index is 5.91. The highest BCUT2D eigenvalue weighted by Crippen LogP contribution is 2.45. The second-order valence-corrected chi connectivity index (χ2v) is 5.46. The predicted octanol–water partition coefficient (Wildman–Crippen LogP) is 2.92. The molecule has 1 aliphatic heterocycles. The van der Waals surface area contributed by atoms with Crippen molar-refractivity contribution in [2.45, 2.75) is 43.7 Å². The van der Waals surface area contributed by atoms with Crippen molar-refractivity contribution in [3.05, 3.63) is 16.9 Å². The maximum Gasteiger partial charge on any atom is 0.128 e. The molecule has 4 heteroatoms. The average molecular weight is 271 g/mol. The van der Waals surface area contributed by atoms with Crippen LogP contribution in [0, 0.1) is 0 Å². The summed E-state index contributed by atoms with van der Waals surface area (Å²) in [5, 5.41) is 4.44. The first-order valence-corrected chi connectivity index (χ1v) is 6.41. The van der Waals surface area contributed by atoms with Gasteiger partial charge in [-0.2, -0.15) is 5.10 Å². The Morgan fingerprint density at radius 2 is 2.40 bits per heavy atom. The Morgan fingerprint density at radius 1 is 1.53 bits per heavy atom. The van der Waals surface area contributed by atoms with Crippen LogP contribution >= 0.6 is 15.9 Å². The molecular weight excluding hydrogens is 256 g/mol. The smallest absolute Gasteiger partial charge is 0.128 e. The van der Waals surface area contributed by atoms with E-state index < -0.39 is 0 Å². The average Bonchev–Trinajstić information content (AvgIpc) is 2.63. The number of ether oxygens (including phenoxy) is 1. The number of halogens is 1. The van der Waals surface area contributed by atoms with E-state index in [2.05, 4.69) is 31.9 Å². The van der Waals surface area contributed by atoms with Gasteiger partial charge in [0.1, 0.15) is 4.60 Å². The van der Waals surface area contributed by atoms with Gasteiger partial charge < -0.3 is 4.74 Å². The lowest BCUT2D eigenvalue weighted by molar-refractivity contribution is -0.141. The van der Waals surface area contributed by atoms with E-state index in [0.717, 1.165) is 24.1 Å². The normalized spacial score (nSPS) is 29.0. The zero-order valence-corrected chi connectivity index (χ0v) is 10.2. The van der Waals surface area contributed by atoms with Crippen molar-refractivity contribution < 1.29 is 4.74 Å². The van der Waals surface area contributed by atoms with E-state index in [1.54, 1.807) is 0 Å². The minimum atomic E-state index is 0.210. The molecule has 15 heavy (non-hydrogen) atoms. The predicted molar refractivity (Wildman–Crippen MR) is 60.7 cm³/mol. The molecule has 2 heterocycles. The van der Waals surface area contributed by atoms with Gasteiger partial charge in [0.25, 0.3) is 0 Å². The van der Waals surface area contributed by atoms with E-state index >= 15 is 0 Å². The SMILES string of the molecule is Brc1ccn(C2CCOC3(CCC3)C2)n1. The number of hydrogen-bond donors (Lipinski definition) is 0. The second kappa shape index (κ2) is 3.59. The minimum Gasteiger partial charge on any atom is -0.375 e. The Morgan fingerprint density at radius 3 is 3.00 bits per heavy atom. The third kappa shape index (κ3) is 1.74. The van der Waals surface area contributed by atoms with Gasteiger partial charge in [-0.1, -0.05) is 0 Å². The molecule has 1 unspecified atom stereocenters. The van der Waals surface area contributed by atoms with Gasteiger partial charge in [-0.05, 0) is 54.1 Å². The van der Waals surface area contributed by atoms with E-state index in [4.69, 9.17) is 4.74 Å². The van der Waals surface area contributed by atoms with Gasteiger partial charge >= 0.3 is 0 Å². The molecule has 3 nitrogen and oxygen atoms in total. The van der Waals surface area contributed by atoms with Crippen molar-refractivity contribution in [1.29, 1.82) is 0 Å². The summed E-state index contributed by atoms with van der Waals surface area (Å²) >= 11 is 3.40. The fraction of sp³-hybridized carbons (Fsp3) is 0.727. The third-order valence-corrected chi connectivity index (χ3v) is 4.10. The summed E-state index contributed by atoms with van der Waals surface area (Å²) in [6.45, 7) is 0.891. The molecule has 1 saturated carbocycles. The molecule has 0 radical (unpaired) electrons. The van der Waals surface area contributed by atoms with Crippen molar-refractivity contribution in [1.82, 2.24) is 9.78 Å². The van der Waals surface area contributed by atoms with Gasteiger partial charge in [-0.25, -0.2) is 0 Å². The zero-order chi connectivity index (χ0) is 10.3. The van der Waals surface area contributed by atoms with Gasteiger partial charge in [-0.3, -0.25) is 4.68 Å². The van der Waals surface area contributed by atoms with E-state index in [9.17, 15) is 0 Å². The molecule has 1 spiro atoms. The molecule has 1 aromatic rings. The van der Waals surface area contributed by atoms with Crippen LogP contribution in [0.5, 0.6) is 0 Å². The molecule has 82 valence electrons. The summed E-state index contributed by atoms with van der Waals surface area (Å²) in [7, 11) is 0. The lowest BCUT2D eigenvalue weighted by Crippen LogP contribution is -2.46.